The standard InChI is InChI=1S/C16H18N4O/c1-11-9-14(17-2)19-15(18-11)10-20-8-7-12-5-3-4-6-13(12)16(20)21/h3-6,9H,7-8,10H2,1-2H3,(H,17,18,19). The molecule has 1 N–H and O–H groups in total. The number of nitrogens with zero attached hydrogens (tertiary/aromatic N) is 3. The fraction of sp³-hybridized carbons (Fsp3) is 0.312. The topological polar surface area (TPSA) is 58.1 Å². The summed E-state index contributed by atoms with van der Waals surface area (Å²) in [7, 11) is 1.83. The Hall–Kier alpha value is -2.43. The smallest absolute Gasteiger partial charge is 0.254 e. The van der Waals surface area contributed by atoms with Crippen molar-refractivity contribution in [1.82, 2.24) is 14.9 Å². The second kappa shape index (κ2) is 5.52. The van der Waals surface area contributed by atoms with Crippen LogP contribution in [0.5, 0.6) is 0 Å². The summed E-state index contributed by atoms with van der Waals surface area (Å²) >= 11 is 0. The largest absolute Gasteiger partial charge is 0.373 e. The van der Waals surface area contributed by atoms with Gasteiger partial charge in [-0.2, -0.15) is 0 Å². The van der Waals surface area contributed by atoms with E-state index >= 15 is 0 Å². The number of aromatic nitrogens is 2. The monoisotopic (exact) mass is 282 g/mol. The maximum atomic E-state index is 12.5. The van der Waals surface area contributed by atoms with Gasteiger partial charge in [0.2, 0.25) is 0 Å². The van der Waals surface area contributed by atoms with Gasteiger partial charge in [-0.15, -0.1) is 0 Å². The summed E-state index contributed by atoms with van der Waals surface area (Å²) in [6, 6.07) is 9.68. The zero-order valence-electron chi connectivity index (χ0n) is 12.3. The van der Waals surface area contributed by atoms with Crippen molar-refractivity contribution in [3.8, 4) is 0 Å². The number of hydrogen-bond acceptors (Lipinski definition) is 4. The molecule has 21 heavy (non-hydrogen) atoms. The number of anilines is 1. The molecule has 5 nitrogen and oxygen atoms in total. The van der Waals surface area contributed by atoms with Crippen LogP contribution in [-0.2, 0) is 13.0 Å². The Bertz CT molecular complexity index is 684. The molecule has 1 aromatic carbocycles. The number of benzene rings is 1. The van der Waals surface area contributed by atoms with Crippen LogP contribution < -0.4 is 5.32 Å². The number of carbonyl (C=O) groups is 1. The summed E-state index contributed by atoms with van der Waals surface area (Å²) in [6.45, 7) is 3.09. The Morgan fingerprint density at radius 2 is 2.10 bits per heavy atom. The molecule has 108 valence electrons. The normalized spacial score (nSPS) is 14.0. The van der Waals surface area contributed by atoms with E-state index in [9.17, 15) is 4.79 Å². The molecule has 0 radical (unpaired) electrons. The number of fused-ring (bicyclic) bond motifs is 1. The minimum atomic E-state index is 0.0629. The molecule has 1 aliphatic rings. The molecule has 0 unspecified atom stereocenters. The number of nitrogens with one attached hydrogen (secondary N) is 1. The first-order chi connectivity index (χ1) is 10.2. The van der Waals surface area contributed by atoms with Gasteiger partial charge in [0.15, 0.2) is 0 Å². The van der Waals surface area contributed by atoms with E-state index in [0.29, 0.717) is 18.9 Å². The lowest BCUT2D eigenvalue weighted by atomic mass is 9.99. The molecule has 0 atom stereocenters. The number of hydrogen-bond donors (Lipinski definition) is 1. The second-order valence-electron chi connectivity index (χ2n) is 5.19. The molecule has 0 spiro atoms. The van der Waals surface area contributed by atoms with Crippen LogP contribution in [0, 0.1) is 6.92 Å². The minimum Gasteiger partial charge on any atom is -0.373 e. The van der Waals surface area contributed by atoms with E-state index in [4.69, 9.17) is 0 Å². The van der Waals surface area contributed by atoms with Gasteiger partial charge in [-0.25, -0.2) is 9.97 Å². The van der Waals surface area contributed by atoms with Crippen LogP contribution in [0.15, 0.2) is 30.3 Å². The molecule has 0 bridgehead atoms. The average Bonchev–Trinajstić information content (AvgIpc) is 2.50. The van der Waals surface area contributed by atoms with Gasteiger partial charge in [0.05, 0.1) is 6.54 Å². The first-order valence-electron chi connectivity index (χ1n) is 7.07. The molecule has 0 saturated carbocycles. The summed E-state index contributed by atoms with van der Waals surface area (Å²) in [5, 5.41) is 3.02. The predicted octanol–water partition coefficient (Wildman–Crippen LogP) is 2.03. The first-order valence-corrected chi connectivity index (χ1v) is 7.07. The molecular formula is C16H18N4O. The highest BCUT2D eigenvalue weighted by Gasteiger charge is 2.24. The Kier molecular flexibility index (Phi) is 3.56. The Labute approximate surface area is 124 Å². The van der Waals surface area contributed by atoms with Crippen molar-refractivity contribution < 1.29 is 4.79 Å². The van der Waals surface area contributed by atoms with Crippen molar-refractivity contribution in [2.75, 3.05) is 18.9 Å². The van der Waals surface area contributed by atoms with E-state index in [2.05, 4.69) is 15.3 Å². The van der Waals surface area contributed by atoms with E-state index in [-0.39, 0.29) is 5.91 Å². The third-order valence-electron chi connectivity index (χ3n) is 3.67. The van der Waals surface area contributed by atoms with Gasteiger partial charge in [-0.3, -0.25) is 4.79 Å². The lowest BCUT2D eigenvalue weighted by molar-refractivity contribution is 0.0722. The van der Waals surface area contributed by atoms with Gasteiger partial charge in [0, 0.05) is 30.9 Å². The Morgan fingerprint density at radius 1 is 1.29 bits per heavy atom. The summed E-state index contributed by atoms with van der Waals surface area (Å²) in [5.74, 6) is 1.52. The molecule has 0 fully saturated rings. The first kappa shape index (κ1) is 13.5. The Morgan fingerprint density at radius 3 is 2.90 bits per heavy atom. The molecule has 1 aliphatic heterocycles. The molecule has 0 saturated heterocycles. The van der Waals surface area contributed by atoms with Crippen LogP contribution in [0.4, 0.5) is 5.82 Å². The van der Waals surface area contributed by atoms with Gasteiger partial charge in [-0.1, -0.05) is 18.2 Å². The maximum Gasteiger partial charge on any atom is 0.254 e. The molecule has 1 aromatic heterocycles. The fourth-order valence-electron chi connectivity index (χ4n) is 2.62. The molecule has 1 amide bonds. The molecule has 5 heteroatoms. The minimum absolute atomic E-state index is 0.0629. The summed E-state index contributed by atoms with van der Waals surface area (Å²) in [5.41, 5.74) is 2.82. The van der Waals surface area contributed by atoms with E-state index in [1.807, 2.05) is 49.2 Å². The number of aryl methyl sites for hydroxylation is 1. The molecule has 2 heterocycles. The lowest BCUT2D eigenvalue weighted by Gasteiger charge is -2.28. The predicted molar refractivity (Wildman–Crippen MR) is 81.2 cm³/mol. The van der Waals surface area contributed by atoms with E-state index < -0.39 is 0 Å². The third-order valence-corrected chi connectivity index (χ3v) is 3.67. The molecule has 0 aliphatic carbocycles. The summed E-state index contributed by atoms with van der Waals surface area (Å²) in [6.07, 6.45) is 0.882. The van der Waals surface area contributed by atoms with Crippen LogP contribution >= 0.6 is 0 Å². The maximum absolute atomic E-state index is 12.5. The van der Waals surface area contributed by atoms with Crippen molar-refractivity contribution >= 4 is 11.7 Å². The summed E-state index contributed by atoms with van der Waals surface area (Å²) < 4.78 is 0. The molecular weight excluding hydrogens is 264 g/mol. The SMILES string of the molecule is CNc1cc(C)nc(CN2CCc3ccccc3C2=O)n1. The van der Waals surface area contributed by atoms with Gasteiger partial charge >= 0.3 is 0 Å². The average molecular weight is 282 g/mol. The van der Waals surface area contributed by atoms with Crippen LogP contribution in [0.2, 0.25) is 0 Å². The quantitative estimate of drug-likeness (QED) is 0.935. The highest BCUT2D eigenvalue weighted by molar-refractivity contribution is 5.96. The molecule has 3 rings (SSSR count). The van der Waals surface area contributed by atoms with Crippen molar-refractivity contribution in [2.45, 2.75) is 19.9 Å². The van der Waals surface area contributed by atoms with Crippen molar-refractivity contribution in [3.05, 3.63) is 53.0 Å². The van der Waals surface area contributed by atoms with Crippen LogP contribution in [0.3, 0.4) is 0 Å². The Balaban J connectivity index is 1.83. The highest BCUT2D eigenvalue weighted by Crippen LogP contribution is 2.20. The van der Waals surface area contributed by atoms with Crippen LogP contribution in [-0.4, -0.2) is 34.4 Å². The second-order valence-corrected chi connectivity index (χ2v) is 5.19. The fourth-order valence-corrected chi connectivity index (χ4v) is 2.62. The number of carbonyl (C=O) groups excluding carboxylic acids is 1. The van der Waals surface area contributed by atoms with Crippen molar-refractivity contribution in [3.63, 3.8) is 0 Å². The van der Waals surface area contributed by atoms with Gasteiger partial charge in [0.1, 0.15) is 11.6 Å². The van der Waals surface area contributed by atoms with Crippen molar-refractivity contribution in [1.29, 1.82) is 0 Å². The van der Waals surface area contributed by atoms with Gasteiger partial charge in [-0.05, 0) is 25.0 Å². The van der Waals surface area contributed by atoms with E-state index in [0.717, 1.165) is 29.1 Å². The number of rotatable bonds is 3. The van der Waals surface area contributed by atoms with Gasteiger partial charge < -0.3 is 10.2 Å². The van der Waals surface area contributed by atoms with E-state index in [1.54, 1.807) is 0 Å². The zero-order valence-corrected chi connectivity index (χ0v) is 12.3. The third kappa shape index (κ3) is 2.72. The van der Waals surface area contributed by atoms with Crippen LogP contribution in [0.1, 0.15) is 27.4 Å². The van der Waals surface area contributed by atoms with Gasteiger partial charge in [0.25, 0.3) is 5.91 Å². The highest BCUT2D eigenvalue weighted by atomic mass is 16.2. The number of amides is 1. The van der Waals surface area contributed by atoms with E-state index in [1.165, 1.54) is 0 Å². The van der Waals surface area contributed by atoms with Crippen LogP contribution in [0.25, 0.3) is 0 Å². The zero-order chi connectivity index (χ0) is 14.8. The summed E-state index contributed by atoms with van der Waals surface area (Å²) in [4.78, 5) is 23.2. The molecule has 2 aromatic rings. The lowest BCUT2D eigenvalue weighted by Crippen LogP contribution is -2.37. The van der Waals surface area contributed by atoms with Crippen molar-refractivity contribution in [2.24, 2.45) is 0 Å².